The Kier molecular flexibility index (Phi) is 5.75. The summed E-state index contributed by atoms with van der Waals surface area (Å²) in [5.41, 5.74) is 0.400. The van der Waals surface area contributed by atoms with E-state index in [9.17, 15) is 8.42 Å². The molecule has 2 rings (SSSR count). The standard InChI is InChI=1S/C14H11Cl3N2O3S/c1-22-13-6-5-9(15)7-14(13)23(20,21)19-18-8-10-11(16)3-2-4-12(10)17/h2-8,19H,1H3/b18-8+. The molecule has 9 heteroatoms. The van der Waals surface area contributed by atoms with Crippen molar-refractivity contribution in [2.75, 3.05) is 7.11 Å². The van der Waals surface area contributed by atoms with Gasteiger partial charge < -0.3 is 4.74 Å². The predicted octanol–water partition coefficient (Wildman–Crippen LogP) is 3.97. The molecule has 2 aromatic carbocycles. The van der Waals surface area contributed by atoms with Gasteiger partial charge in [0.05, 0.1) is 23.4 Å². The maximum atomic E-state index is 12.3. The zero-order chi connectivity index (χ0) is 17.0. The summed E-state index contributed by atoms with van der Waals surface area (Å²) in [6.07, 6.45) is 1.22. The molecule has 23 heavy (non-hydrogen) atoms. The summed E-state index contributed by atoms with van der Waals surface area (Å²) in [6.45, 7) is 0. The molecule has 0 aromatic heterocycles. The maximum absolute atomic E-state index is 12.3. The first-order valence-electron chi connectivity index (χ1n) is 6.17. The second-order valence-electron chi connectivity index (χ2n) is 4.28. The van der Waals surface area contributed by atoms with Crippen LogP contribution in [-0.2, 0) is 10.0 Å². The number of hydrazone groups is 1. The second kappa shape index (κ2) is 7.40. The lowest BCUT2D eigenvalue weighted by atomic mass is 10.2. The van der Waals surface area contributed by atoms with Crippen molar-refractivity contribution in [3.63, 3.8) is 0 Å². The van der Waals surface area contributed by atoms with Gasteiger partial charge in [-0.3, -0.25) is 0 Å². The van der Waals surface area contributed by atoms with Crippen molar-refractivity contribution in [2.24, 2.45) is 5.10 Å². The fraction of sp³-hybridized carbons (Fsp3) is 0.0714. The summed E-state index contributed by atoms with van der Waals surface area (Å²) in [4.78, 5) is 1.94. The van der Waals surface area contributed by atoms with E-state index < -0.39 is 10.0 Å². The number of hydrogen-bond acceptors (Lipinski definition) is 4. The van der Waals surface area contributed by atoms with Gasteiger partial charge in [-0.15, -0.1) is 0 Å². The van der Waals surface area contributed by atoms with Gasteiger partial charge in [0, 0.05) is 10.6 Å². The van der Waals surface area contributed by atoms with E-state index in [1.807, 2.05) is 0 Å². The van der Waals surface area contributed by atoms with Gasteiger partial charge in [0.2, 0.25) is 0 Å². The lowest BCUT2D eigenvalue weighted by Gasteiger charge is -2.09. The van der Waals surface area contributed by atoms with Crippen LogP contribution < -0.4 is 9.57 Å². The molecule has 0 heterocycles. The third kappa shape index (κ3) is 4.29. The molecule has 0 saturated carbocycles. The van der Waals surface area contributed by atoms with Crippen LogP contribution in [0.2, 0.25) is 15.1 Å². The SMILES string of the molecule is COc1ccc(Cl)cc1S(=O)(=O)N/N=C/c1c(Cl)cccc1Cl. The van der Waals surface area contributed by atoms with Crippen LogP contribution in [0, 0.1) is 0 Å². The first-order valence-corrected chi connectivity index (χ1v) is 8.79. The van der Waals surface area contributed by atoms with Gasteiger partial charge >= 0.3 is 0 Å². The first-order chi connectivity index (χ1) is 10.8. The molecule has 0 amide bonds. The predicted molar refractivity (Wildman–Crippen MR) is 92.4 cm³/mol. The average Bonchev–Trinajstić information content (AvgIpc) is 2.50. The lowest BCUT2D eigenvalue weighted by molar-refractivity contribution is 0.402. The quantitative estimate of drug-likeness (QED) is 0.617. The maximum Gasteiger partial charge on any atom is 0.280 e. The molecule has 0 spiro atoms. The molecule has 0 aliphatic carbocycles. The molecule has 0 bridgehead atoms. The summed E-state index contributed by atoms with van der Waals surface area (Å²) in [6, 6.07) is 9.13. The van der Waals surface area contributed by atoms with Crippen molar-refractivity contribution in [1.82, 2.24) is 4.83 Å². The largest absolute Gasteiger partial charge is 0.495 e. The zero-order valence-electron chi connectivity index (χ0n) is 11.8. The highest BCUT2D eigenvalue weighted by atomic mass is 35.5. The van der Waals surface area contributed by atoms with Gasteiger partial charge in [0.1, 0.15) is 10.6 Å². The molecule has 0 aliphatic rings. The zero-order valence-corrected chi connectivity index (χ0v) is 14.8. The van der Waals surface area contributed by atoms with Crippen molar-refractivity contribution >= 4 is 51.0 Å². The van der Waals surface area contributed by atoms with Gasteiger partial charge in [0.15, 0.2) is 0 Å². The van der Waals surface area contributed by atoms with Crippen LogP contribution in [0.1, 0.15) is 5.56 Å². The Bertz CT molecular complexity index is 834. The highest BCUT2D eigenvalue weighted by molar-refractivity contribution is 7.89. The highest BCUT2D eigenvalue weighted by Crippen LogP contribution is 2.27. The van der Waals surface area contributed by atoms with E-state index in [0.29, 0.717) is 15.6 Å². The molecule has 0 radical (unpaired) electrons. The molecule has 0 saturated heterocycles. The number of ether oxygens (including phenoxy) is 1. The van der Waals surface area contributed by atoms with Crippen molar-refractivity contribution in [2.45, 2.75) is 4.90 Å². The minimum atomic E-state index is -3.96. The fourth-order valence-corrected chi connectivity index (χ4v) is 3.42. The Morgan fingerprint density at radius 1 is 1.13 bits per heavy atom. The van der Waals surface area contributed by atoms with Gasteiger partial charge in [-0.1, -0.05) is 40.9 Å². The topological polar surface area (TPSA) is 67.8 Å². The Balaban J connectivity index is 2.29. The van der Waals surface area contributed by atoms with E-state index >= 15 is 0 Å². The van der Waals surface area contributed by atoms with E-state index in [2.05, 4.69) is 9.93 Å². The van der Waals surface area contributed by atoms with Crippen LogP contribution >= 0.6 is 34.8 Å². The number of sulfonamides is 1. The Morgan fingerprint density at radius 3 is 2.39 bits per heavy atom. The normalized spacial score (nSPS) is 11.7. The number of halogens is 3. The van der Waals surface area contributed by atoms with Crippen LogP contribution in [0.5, 0.6) is 5.75 Å². The summed E-state index contributed by atoms with van der Waals surface area (Å²) in [5, 5.41) is 4.64. The molecule has 0 aliphatic heterocycles. The van der Waals surface area contributed by atoms with E-state index in [-0.39, 0.29) is 15.7 Å². The van der Waals surface area contributed by atoms with E-state index in [1.165, 1.54) is 31.5 Å². The monoisotopic (exact) mass is 392 g/mol. The lowest BCUT2D eigenvalue weighted by Crippen LogP contribution is -2.19. The van der Waals surface area contributed by atoms with Crippen LogP contribution in [0.4, 0.5) is 0 Å². The number of nitrogens with one attached hydrogen (secondary N) is 1. The van der Waals surface area contributed by atoms with E-state index in [1.54, 1.807) is 18.2 Å². The Morgan fingerprint density at radius 2 is 1.78 bits per heavy atom. The van der Waals surface area contributed by atoms with E-state index in [4.69, 9.17) is 39.5 Å². The Hall–Kier alpha value is -1.47. The molecule has 0 unspecified atom stereocenters. The van der Waals surface area contributed by atoms with Crippen molar-refractivity contribution in [3.05, 3.63) is 57.0 Å². The van der Waals surface area contributed by atoms with Crippen LogP contribution in [0.15, 0.2) is 46.4 Å². The molecule has 122 valence electrons. The number of methoxy groups -OCH3 is 1. The summed E-state index contributed by atoms with van der Waals surface area (Å²) in [5.74, 6) is 0.146. The van der Waals surface area contributed by atoms with Gasteiger partial charge in [0.25, 0.3) is 10.0 Å². The van der Waals surface area contributed by atoms with Crippen molar-refractivity contribution in [1.29, 1.82) is 0 Å². The summed E-state index contributed by atoms with van der Waals surface area (Å²) < 4.78 is 29.6. The van der Waals surface area contributed by atoms with Crippen LogP contribution in [0.25, 0.3) is 0 Å². The second-order valence-corrected chi connectivity index (χ2v) is 7.16. The number of rotatable bonds is 5. The number of hydrogen-bond donors (Lipinski definition) is 1. The van der Waals surface area contributed by atoms with Crippen molar-refractivity contribution < 1.29 is 13.2 Å². The van der Waals surface area contributed by atoms with E-state index in [0.717, 1.165) is 0 Å². The van der Waals surface area contributed by atoms with Crippen LogP contribution in [0.3, 0.4) is 0 Å². The molecule has 5 nitrogen and oxygen atoms in total. The van der Waals surface area contributed by atoms with Crippen LogP contribution in [-0.4, -0.2) is 21.7 Å². The average molecular weight is 394 g/mol. The molecule has 1 N–H and O–H groups in total. The minimum absolute atomic E-state index is 0.130. The van der Waals surface area contributed by atoms with Gasteiger partial charge in [-0.05, 0) is 30.3 Å². The highest BCUT2D eigenvalue weighted by Gasteiger charge is 2.19. The number of benzene rings is 2. The third-order valence-electron chi connectivity index (χ3n) is 2.78. The smallest absolute Gasteiger partial charge is 0.280 e. The molecule has 0 fully saturated rings. The van der Waals surface area contributed by atoms with Crippen molar-refractivity contribution in [3.8, 4) is 5.75 Å². The third-order valence-corrected chi connectivity index (χ3v) is 4.92. The minimum Gasteiger partial charge on any atom is -0.495 e. The Labute approximate surface area is 148 Å². The van der Waals surface area contributed by atoms with Gasteiger partial charge in [-0.2, -0.15) is 18.4 Å². The molecule has 2 aromatic rings. The number of nitrogens with zero attached hydrogens (tertiary/aromatic N) is 1. The summed E-state index contributed by atoms with van der Waals surface area (Å²) >= 11 is 17.8. The fourth-order valence-electron chi connectivity index (χ4n) is 1.70. The van der Waals surface area contributed by atoms with Gasteiger partial charge in [-0.25, -0.2) is 0 Å². The molecule has 0 atom stereocenters. The molecular formula is C14H11Cl3N2O3S. The first kappa shape index (κ1) is 17.9. The molecular weight excluding hydrogens is 383 g/mol. The summed E-state index contributed by atoms with van der Waals surface area (Å²) in [7, 11) is -2.61.